The molecule has 0 atom stereocenters. The summed E-state index contributed by atoms with van der Waals surface area (Å²) in [4.78, 5) is 26.2. The van der Waals surface area contributed by atoms with Crippen LogP contribution in [0, 0.1) is 12.8 Å². The molecule has 0 spiro atoms. The lowest BCUT2D eigenvalue weighted by Crippen LogP contribution is -2.46. The van der Waals surface area contributed by atoms with Crippen molar-refractivity contribution in [1.29, 1.82) is 0 Å². The number of likely N-dealkylation sites (tertiary alicyclic amines) is 1. The Kier molecular flexibility index (Phi) is 5.58. The number of hydrogen-bond donors (Lipinski definition) is 1. The summed E-state index contributed by atoms with van der Waals surface area (Å²) >= 11 is 0. The van der Waals surface area contributed by atoms with Crippen molar-refractivity contribution in [2.24, 2.45) is 5.92 Å². The number of hydrogen-bond acceptors (Lipinski definition) is 2. The quantitative estimate of drug-likeness (QED) is 0.929. The standard InChI is InChI=1S/C18H26N2O2/c1-13(2)11-17(21)20-9-7-16(8-10-20)19-18(22)15-6-4-5-14(3)12-15/h4-6,12-13,16H,7-11H2,1-3H3,(H,19,22). The number of benzene rings is 1. The smallest absolute Gasteiger partial charge is 0.251 e. The van der Waals surface area contributed by atoms with Gasteiger partial charge in [-0.05, 0) is 37.8 Å². The van der Waals surface area contributed by atoms with Crippen LogP contribution in [0.1, 0.15) is 49.0 Å². The van der Waals surface area contributed by atoms with E-state index in [0.29, 0.717) is 17.9 Å². The van der Waals surface area contributed by atoms with Gasteiger partial charge in [0.1, 0.15) is 0 Å². The van der Waals surface area contributed by atoms with E-state index in [-0.39, 0.29) is 17.9 Å². The van der Waals surface area contributed by atoms with Gasteiger partial charge in [0.15, 0.2) is 0 Å². The maximum atomic E-state index is 12.2. The van der Waals surface area contributed by atoms with Crippen LogP contribution in [0.5, 0.6) is 0 Å². The minimum Gasteiger partial charge on any atom is -0.349 e. The third-order valence-electron chi connectivity index (χ3n) is 4.05. The number of aryl methyl sites for hydroxylation is 1. The summed E-state index contributed by atoms with van der Waals surface area (Å²) in [6.07, 6.45) is 2.28. The van der Waals surface area contributed by atoms with Crippen LogP contribution in [0.3, 0.4) is 0 Å². The van der Waals surface area contributed by atoms with Gasteiger partial charge in [-0.3, -0.25) is 9.59 Å². The normalized spacial score (nSPS) is 15.9. The van der Waals surface area contributed by atoms with Gasteiger partial charge in [-0.15, -0.1) is 0 Å². The van der Waals surface area contributed by atoms with Crippen LogP contribution in [0.2, 0.25) is 0 Å². The van der Waals surface area contributed by atoms with E-state index in [4.69, 9.17) is 0 Å². The van der Waals surface area contributed by atoms with Crippen molar-refractivity contribution in [3.63, 3.8) is 0 Å². The molecule has 0 bridgehead atoms. The van der Waals surface area contributed by atoms with E-state index < -0.39 is 0 Å². The summed E-state index contributed by atoms with van der Waals surface area (Å²) in [5, 5.41) is 3.09. The fraction of sp³-hybridized carbons (Fsp3) is 0.556. The van der Waals surface area contributed by atoms with Crippen LogP contribution in [0.15, 0.2) is 24.3 Å². The van der Waals surface area contributed by atoms with Crippen molar-refractivity contribution < 1.29 is 9.59 Å². The number of piperidine rings is 1. The second kappa shape index (κ2) is 7.43. The first-order valence-electron chi connectivity index (χ1n) is 8.11. The van der Waals surface area contributed by atoms with Crippen LogP contribution < -0.4 is 5.32 Å². The molecule has 1 aromatic rings. The molecular formula is C18H26N2O2. The molecule has 0 saturated carbocycles. The van der Waals surface area contributed by atoms with Gasteiger partial charge in [0.25, 0.3) is 5.91 Å². The highest BCUT2D eigenvalue weighted by molar-refractivity contribution is 5.94. The molecule has 1 saturated heterocycles. The Bertz CT molecular complexity index is 532. The predicted molar refractivity (Wildman–Crippen MR) is 87.7 cm³/mol. The molecule has 1 aliphatic rings. The molecule has 1 fully saturated rings. The molecule has 22 heavy (non-hydrogen) atoms. The highest BCUT2D eigenvalue weighted by Gasteiger charge is 2.24. The van der Waals surface area contributed by atoms with Gasteiger partial charge in [0, 0.05) is 31.1 Å². The minimum absolute atomic E-state index is 0.0179. The summed E-state index contributed by atoms with van der Waals surface area (Å²) < 4.78 is 0. The first-order valence-corrected chi connectivity index (χ1v) is 8.11. The number of rotatable bonds is 4. The highest BCUT2D eigenvalue weighted by atomic mass is 16.2. The Morgan fingerprint density at radius 1 is 1.27 bits per heavy atom. The number of carbonyl (C=O) groups excluding carboxylic acids is 2. The van der Waals surface area contributed by atoms with Crippen molar-refractivity contribution in [3.05, 3.63) is 35.4 Å². The van der Waals surface area contributed by atoms with Crippen molar-refractivity contribution in [2.75, 3.05) is 13.1 Å². The first-order chi connectivity index (χ1) is 10.5. The van der Waals surface area contributed by atoms with E-state index in [1.807, 2.05) is 36.1 Å². The fourth-order valence-electron chi connectivity index (χ4n) is 2.81. The van der Waals surface area contributed by atoms with Gasteiger partial charge in [-0.25, -0.2) is 0 Å². The fourth-order valence-corrected chi connectivity index (χ4v) is 2.81. The second-order valence-corrected chi connectivity index (χ2v) is 6.60. The van der Waals surface area contributed by atoms with Gasteiger partial charge in [-0.1, -0.05) is 31.5 Å². The predicted octanol–water partition coefficient (Wildman–Crippen LogP) is 2.76. The van der Waals surface area contributed by atoms with Crippen LogP contribution in [-0.2, 0) is 4.79 Å². The monoisotopic (exact) mass is 302 g/mol. The largest absolute Gasteiger partial charge is 0.349 e. The molecule has 2 amide bonds. The van der Waals surface area contributed by atoms with Crippen LogP contribution in [0.25, 0.3) is 0 Å². The summed E-state index contributed by atoms with van der Waals surface area (Å²) in [6, 6.07) is 7.78. The van der Waals surface area contributed by atoms with Crippen molar-refractivity contribution in [2.45, 2.75) is 46.1 Å². The Balaban J connectivity index is 1.82. The summed E-state index contributed by atoms with van der Waals surface area (Å²) in [7, 11) is 0. The Morgan fingerprint density at radius 3 is 2.55 bits per heavy atom. The zero-order valence-corrected chi connectivity index (χ0v) is 13.8. The summed E-state index contributed by atoms with van der Waals surface area (Å²) in [5.41, 5.74) is 1.79. The zero-order valence-electron chi connectivity index (χ0n) is 13.8. The lowest BCUT2D eigenvalue weighted by atomic mass is 10.0. The SMILES string of the molecule is Cc1cccc(C(=O)NC2CCN(C(=O)CC(C)C)CC2)c1. The number of amides is 2. The van der Waals surface area contributed by atoms with Crippen molar-refractivity contribution in [1.82, 2.24) is 10.2 Å². The average molecular weight is 302 g/mol. The lowest BCUT2D eigenvalue weighted by molar-refractivity contribution is -0.133. The molecular weight excluding hydrogens is 276 g/mol. The number of nitrogens with zero attached hydrogens (tertiary/aromatic N) is 1. The molecule has 0 radical (unpaired) electrons. The summed E-state index contributed by atoms with van der Waals surface area (Å²) in [5.74, 6) is 0.611. The van der Waals surface area contributed by atoms with Crippen molar-refractivity contribution in [3.8, 4) is 0 Å². The third kappa shape index (κ3) is 4.58. The Labute approximate surface area is 132 Å². The molecule has 0 aliphatic carbocycles. The van der Waals surface area contributed by atoms with Crippen molar-refractivity contribution >= 4 is 11.8 Å². The molecule has 1 N–H and O–H groups in total. The van der Waals surface area contributed by atoms with Gasteiger partial charge >= 0.3 is 0 Å². The molecule has 0 unspecified atom stereocenters. The molecule has 1 aromatic carbocycles. The molecule has 1 heterocycles. The van der Waals surface area contributed by atoms with E-state index in [9.17, 15) is 9.59 Å². The highest BCUT2D eigenvalue weighted by Crippen LogP contribution is 2.14. The molecule has 0 aromatic heterocycles. The molecule has 1 aliphatic heterocycles. The lowest BCUT2D eigenvalue weighted by Gasteiger charge is -2.32. The number of carbonyl (C=O) groups is 2. The van der Waals surface area contributed by atoms with E-state index in [2.05, 4.69) is 19.2 Å². The number of nitrogens with one attached hydrogen (secondary N) is 1. The van der Waals surface area contributed by atoms with E-state index >= 15 is 0 Å². The Hall–Kier alpha value is -1.84. The van der Waals surface area contributed by atoms with Crippen LogP contribution in [-0.4, -0.2) is 35.8 Å². The maximum absolute atomic E-state index is 12.2. The zero-order chi connectivity index (χ0) is 16.1. The molecule has 120 valence electrons. The Morgan fingerprint density at radius 2 is 1.95 bits per heavy atom. The summed E-state index contributed by atoms with van der Waals surface area (Å²) in [6.45, 7) is 7.59. The third-order valence-corrected chi connectivity index (χ3v) is 4.05. The van der Waals surface area contributed by atoms with Gasteiger partial charge in [0.2, 0.25) is 5.91 Å². The molecule has 4 heteroatoms. The topological polar surface area (TPSA) is 49.4 Å². The van der Waals surface area contributed by atoms with Gasteiger partial charge < -0.3 is 10.2 Å². The first kappa shape index (κ1) is 16.5. The van der Waals surface area contributed by atoms with E-state index in [0.717, 1.165) is 31.5 Å². The molecule has 2 rings (SSSR count). The maximum Gasteiger partial charge on any atom is 0.251 e. The average Bonchev–Trinajstić information content (AvgIpc) is 2.47. The van der Waals surface area contributed by atoms with Crippen LogP contribution in [0.4, 0.5) is 0 Å². The van der Waals surface area contributed by atoms with Crippen LogP contribution >= 0.6 is 0 Å². The molecule has 4 nitrogen and oxygen atoms in total. The van der Waals surface area contributed by atoms with E-state index in [1.165, 1.54) is 0 Å². The van der Waals surface area contributed by atoms with E-state index in [1.54, 1.807) is 0 Å². The second-order valence-electron chi connectivity index (χ2n) is 6.60. The van der Waals surface area contributed by atoms with Gasteiger partial charge in [-0.2, -0.15) is 0 Å². The van der Waals surface area contributed by atoms with Gasteiger partial charge in [0.05, 0.1) is 0 Å². The minimum atomic E-state index is -0.0179.